The summed E-state index contributed by atoms with van der Waals surface area (Å²) in [7, 11) is 0. The normalized spacial score (nSPS) is 27.6. The van der Waals surface area contributed by atoms with Crippen LogP contribution in [0.1, 0.15) is 59.3 Å². The van der Waals surface area contributed by atoms with Gasteiger partial charge in [-0.3, -0.25) is 4.79 Å². The fraction of sp³-hybridized carbons (Fsp3) is 0.933. The molecule has 1 amide bonds. The van der Waals surface area contributed by atoms with Gasteiger partial charge < -0.3 is 11.1 Å². The summed E-state index contributed by atoms with van der Waals surface area (Å²) in [5, 5.41) is 3.00. The lowest BCUT2D eigenvalue weighted by atomic mass is 9.81. The first-order chi connectivity index (χ1) is 8.54. The van der Waals surface area contributed by atoms with E-state index in [1.165, 1.54) is 25.7 Å². The van der Waals surface area contributed by atoms with E-state index in [4.69, 9.17) is 5.73 Å². The van der Waals surface area contributed by atoms with Crippen molar-refractivity contribution >= 4 is 5.91 Å². The molecule has 18 heavy (non-hydrogen) atoms. The monoisotopic (exact) mass is 254 g/mol. The second-order valence-corrected chi connectivity index (χ2v) is 6.13. The summed E-state index contributed by atoms with van der Waals surface area (Å²) in [6, 6.07) is -0.347. The highest BCUT2D eigenvalue weighted by Crippen LogP contribution is 2.30. The number of rotatable bonds is 6. The van der Waals surface area contributed by atoms with Crippen LogP contribution in [0.2, 0.25) is 0 Å². The molecule has 0 bridgehead atoms. The van der Waals surface area contributed by atoms with Crippen LogP contribution < -0.4 is 11.1 Å². The van der Waals surface area contributed by atoms with Crippen LogP contribution in [0, 0.1) is 17.8 Å². The van der Waals surface area contributed by atoms with Gasteiger partial charge in [0.2, 0.25) is 5.91 Å². The Hall–Kier alpha value is -0.570. The van der Waals surface area contributed by atoms with Gasteiger partial charge in [0.05, 0.1) is 6.04 Å². The molecule has 1 saturated carbocycles. The summed E-state index contributed by atoms with van der Waals surface area (Å²) in [6.45, 7) is 7.23. The highest BCUT2D eigenvalue weighted by atomic mass is 16.2. The zero-order valence-electron chi connectivity index (χ0n) is 12.2. The van der Waals surface area contributed by atoms with E-state index < -0.39 is 0 Å². The van der Waals surface area contributed by atoms with Crippen molar-refractivity contribution in [2.75, 3.05) is 6.54 Å². The van der Waals surface area contributed by atoms with Gasteiger partial charge in [-0.05, 0) is 30.6 Å². The molecular weight excluding hydrogens is 224 g/mol. The molecule has 0 aliphatic heterocycles. The number of hydrogen-bond acceptors (Lipinski definition) is 2. The second-order valence-electron chi connectivity index (χ2n) is 6.13. The zero-order chi connectivity index (χ0) is 13.5. The van der Waals surface area contributed by atoms with Gasteiger partial charge in [0.1, 0.15) is 0 Å². The van der Waals surface area contributed by atoms with E-state index in [-0.39, 0.29) is 17.9 Å². The fourth-order valence-corrected chi connectivity index (χ4v) is 2.85. The number of carbonyl (C=O) groups is 1. The van der Waals surface area contributed by atoms with Crippen molar-refractivity contribution in [3.63, 3.8) is 0 Å². The van der Waals surface area contributed by atoms with Crippen molar-refractivity contribution in [1.82, 2.24) is 5.32 Å². The molecule has 3 heteroatoms. The lowest BCUT2D eigenvalue weighted by Gasteiger charge is -2.27. The summed E-state index contributed by atoms with van der Waals surface area (Å²) in [4.78, 5) is 11.8. The van der Waals surface area contributed by atoms with Crippen molar-refractivity contribution in [2.45, 2.75) is 65.3 Å². The Morgan fingerprint density at radius 1 is 1.44 bits per heavy atom. The van der Waals surface area contributed by atoms with E-state index >= 15 is 0 Å². The largest absolute Gasteiger partial charge is 0.355 e. The standard InChI is InChI=1S/C15H30N2O/c1-4-12(3)14(16)15(18)17-9-8-13-7-5-6-11(2)10-13/h11-14H,4-10,16H2,1-3H3,(H,17,18)/t11?,12?,13?,14-/m0/s1. The maximum atomic E-state index is 11.8. The van der Waals surface area contributed by atoms with Crippen LogP contribution in [0.3, 0.4) is 0 Å². The molecule has 1 aliphatic rings. The molecule has 0 radical (unpaired) electrons. The van der Waals surface area contributed by atoms with Crippen LogP contribution in [0.15, 0.2) is 0 Å². The molecule has 0 saturated heterocycles. The van der Waals surface area contributed by atoms with Crippen LogP contribution >= 0.6 is 0 Å². The minimum Gasteiger partial charge on any atom is -0.355 e. The first-order valence-electron chi connectivity index (χ1n) is 7.57. The maximum Gasteiger partial charge on any atom is 0.237 e. The van der Waals surface area contributed by atoms with Crippen molar-refractivity contribution in [1.29, 1.82) is 0 Å². The van der Waals surface area contributed by atoms with Gasteiger partial charge in [0.25, 0.3) is 0 Å². The highest BCUT2D eigenvalue weighted by molar-refractivity contribution is 5.81. The van der Waals surface area contributed by atoms with Gasteiger partial charge in [-0.25, -0.2) is 0 Å². The number of nitrogens with one attached hydrogen (secondary N) is 1. The smallest absolute Gasteiger partial charge is 0.237 e. The average Bonchev–Trinajstić information content (AvgIpc) is 2.36. The van der Waals surface area contributed by atoms with Crippen molar-refractivity contribution in [3.8, 4) is 0 Å². The van der Waals surface area contributed by atoms with Crippen molar-refractivity contribution in [3.05, 3.63) is 0 Å². The molecule has 3 nitrogen and oxygen atoms in total. The Labute approximate surface area is 112 Å². The van der Waals surface area contributed by atoms with E-state index in [0.717, 1.165) is 31.2 Å². The van der Waals surface area contributed by atoms with Gasteiger partial charge in [-0.2, -0.15) is 0 Å². The molecule has 106 valence electrons. The molecule has 1 aliphatic carbocycles. The first kappa shape index (κ1) is 15.5. The first-order valence-corrected chi connectivity index (χ1v) is 7.57. The van der Waals surface area contributed by atoms with E-state index in [1.807, 2.05) is 6.92 Å². The van der Waals surface area contributed by atoms with Crippen molar-refractivity contribution < 1.29 is 4.79 Å². The molecular formula is C15H30N2O. The predicted octanol–water partition coefficient (Wildman–Crippen LogP) is 2.69. The second kappa shape index (κ2) is 7.78. The molecule has 0 aromatic rings. The van der Waals surface area contributed by atoms with Crippen LogP contribution in [-0.4, -0.2) is 18.5 Å². The molecule has 3 unspecified atom stereocenters. The topological polar surface area (TPSA) is 55.1 Å². The lowest BCUT2D eigenvalue weighted by molar-refractivity contribution is -0.123. The quantitative estimate of drug-likeness (QED) is 0.765. The Morgan fingerprint density at radius 3 is 2.78 bits per heavy atom. The van der Waals surface area contributed by atoms with E-state index in [2.05, 4.69) is 19.2 Å². The summed E-state index contributed by atoms with van der Waals surface area (Å²) in [6.07, 6.45) is 7.46. The van der Waals surface area contributed by atoms with Crippen LogP contribution in [-0.2, 0) is 4.79 Å². The summed E-state index contributed by atoms with van der Waals surface area (Å²) in [5.41, 5.74) is 5.90. The SMILES string of the molecule is CCC(C)[C@H](N)C(=O)NCCC1CCCC(C)C1. The van der Waals surface area contributed by atoms with Gasteiger partial charge in [0.15, 0.2) is 0 Å². The van der Waals surface area contributed by atoms with Crippen LogP contribution in [0.4, 0.5) is 0 Å². The van der Waals surface area contributed by atoms with E-state index in [0.29, 0.717) is 0 Å². The number of carbonyl (C=O) groups excluding carboxylic acids is 1. The summed E-state index contributed by atoms with van der Waals surface area (Å²) < 4.78 is 0. The third-order valence-corrected chi connectivity index (χ3v) is 4.46. The molecule has 0 spiro atoms. The van der Waals surface area contributed by atoms with Gasteiger partial charge in [-0.15, -0.1) is 0 Å². The average molecular weight is 254 g/mol. The van der Waals surface area contributed by atoms with Gasteiger partial charge in [0, 0.05) is 6.54 Å². The lowest BCUT2D eigenvalue weighted by Crippen LogP contribution is -2.45. The van der Waals surface area contributed by atoms with Crippen LogP contribution in [0.25, 0.3) is 0 Å². The zero-order valence-corrected chi connectivity index (χ0v) is 12.2. The molecule has 1 fully saturated rings. The van der Waals surface area contributed by atoms with Crippen molar-refractivity contribution in [2.24, 2.45) is 23.5 Å². The summed E-state index contributed by atoms with van der Waals surface area (Å²) in [5.74, 6) is 1.95. The Bertz CT molecular complexity index is 255. The highest BCUT2D eigenvalue weighted by Gasteiger charge is 2.21. The molecule has 4 atom stereocenters. The van der Waals surface area contributed by atoms with E-state index in [1.54, 1.807) is 0 Å². The van der Waals surface area contributed by atoms with Gasteiger partial charge in [-0.1, -0.05) is 46.5 Å². The third kappa shape index (κ3) is 4.97. The third-order valence-electron chi connectivity index (χ3n) is 4.46. The molecule has 3 N–H and O–H groups in total. The maximum absolute atomic E-state index is 11.8. The Kier molecular flexibility index (Phi) is 6.69. The molecule has 0 aromatic carbocycles. The van der Waals surface area contributed by atoms with Gasteiger partial charge >= 0.3 is 0 Å². The van der Waals surface area contributed by atoms with Crippen LogP contribution in [0.5, 0.6) is 0 Å². The Morgan fingerprint density at radius 2 is 2.17 bits per heavy atom. The van der Waals surface area contributed by atoms with E-state index in [9.17, 15) is 4.79 Å². The number of hydrogen-bond donors (Lipinski definition) is 2. The minimum absolute atomic E-state index is 0.0215. The molecule has 1 rings (SSSR count). The summed E-state index contributed by atoms with van der Waals surface area (Å²) >= 11 is 0. The fourth-order valence-electron chi connectivity index (χ4n) is 2.85. The molecule has 0 heterocycles. The predicted molar refractivity (Wildman–Crippen MR) is 76.2 cm³/mol. The molecule has 0 aromatic heterocycles. The number of nitrogens with two attached hydrogens (primary N) is 1. The minimum atomic E-state index is -0.347. The Balaban J connectivity index is 2.18. The number of amides is 1.